The number of halogens is 4. The molecule has 0 unspecified atom stereocenters. The average Bonchev–Trinajstić information content (AvgIpc) is 3.53. The topological polar surface area (TPSA) is 73.8 Å². The van der Waals surface area contributed by atoms with E-state index < -0.39 is 28.8 Å². The first-order chi connectivity index (χ1) is 16.1. The molecule has 6 nitrogen and oxygen atoms in total. The molecule has 3 aromatic heterocycles. The SMILES string of the molecule is Cc1cc(F)c(-c2oc(-c3cc(C(C)(F)F)ccn3)nc2-n2ccc(C3CC3)nc2=O)c(F)c1. The maximum absolute atomic E-state index is 14.9. The molecule has 0 amide bonds. The number of oxazole rings is 1. The van der Waals surface area contributed by atoms with E-state index in [2.05, 4.69) is 15.0 Å². The van der Waals surface area contributed by atoms with Gasteiger partial charge in [0.2, 0.25) is 5.89 Å². The first-order valence-electron chi connectivity index (χ1n) is 10.5. The monoisotopic (exact) mass is 470 g/mol. The van der Waals surface area contributed by atoms with E-state index in [-0.39, 0.29) is 34.6 Å². The molecule has 1 aromatic carbocycles. The van der Waals surface area contributed by atoms with E-state index in [1.54, 1.807) is 6.07 Å². The van der Waals surface area contributed by atoms with Crippen molar-refractivity contribution in [3.8, 4) is 28.7 Å². The lowest BCUT2D eigenvalue weighted by Gasteiger charge is -2.10. The molecule has 0 bridgehead atoms. The van der Waals surface area contributed by atoms with Gasteiger partial charge in [-0.05, 0) is 55.7 Å². The Bertz CT molecular complexity index is 1450. The number of aryl methyl sites for hydroxylation is 1. The standard InChI is InChI=1S/C24H18F4N4O2/c1-12-9-15(25)19(16(26)10-12)20-21(32-8-6-17(13-3-4-13)30-23(32)33)31-22(34-20)18-11-14(5-7-29-18)24(2,27)28/h5-11,13H,3-4H2,1-2H3. The van der Waals surface area contributed by atoms with Gasteiger partial charge in [0.15, 0.2) is 11.6 Å². The fourth-order valence-corrected chi connectivity index (χ4v) is 3.67. The van der Waals surface area contributed by atoms with Gasteiger partial charge in [0.1, 0.15) is 17.3 Å². The highest BCUT2D eigenvalue weighted by atomic mass is 19.3. The van der Waals surface area contributed by atoms with E-state index in [0.29, 0.717) is 11.3 Å². The third-order valence-electron chi connectivity index (χ3n) is 5.56. The summed E-state index contributed by atoms with van der Waals surface area (Å²) in [7, 11) is 0. The Balaban J connectivity index is 1.73. The molecule has 0 atom stereocenters. The Morgan fingerprint density at radius 2 is 1.79 bits per heavy atom. The van der Waals surface area contributed by atoms with Crippen LogP contribution < -0.4 is 5.69 Å². The molecule has 1 fully saturated rings. The highest BCUT2D eigenvalue weighted by molar-refractivity contribution is 5.69. The largest absolute Gasteiger partial charge is 0.432 e. The number of alkyl halides is 2. The molecule has 1 aliphatic rings. The second-order valence-electron chi connectivity index (χ2n) is 8.37. The third kappa shape index (κ3) is 4.00. The number of pyridine rings is 1. The number of hydrogen-bond acceptors (Lipinski definition) is 5. The molecule has 34 heavy (non-hydrogen) atoms. The Kier molecular flexibility index (Phi) is 5.11. The lowest BCUT2D eigenvalue weighted by Crippen LogP contribution is -2.22. The van der Waals surface area contributed by atoms with Crippen LogP contribution in [0.1, 0.15) is 42.5 Å². The van der Waals surface area contributed by atoms with Gasteiger partial charge in [0.25, 0.3) is 5.92 Å². The summed E-state index contributed by atoms with van der Waals surface area (Å²) in [6.07, 6.45) is 4.42. The molecule has 10 heteroatoms. The van der Waals surface area contributed by atoms with Gasteiger partial charge in [-0.25, -0.2) is 26.9 Å². The first kappa shape index (κ1) is 22.0. The van der Waals surface area contributed by atoms with Crippen LogP contribution >= 0.6 is 0 Å². The smallest absolute Gasteiger partial charge is 0.353 e. The van der Waals surface area contributed by atoms with E-state index in [1.165, 1.54) is 13.1 Å². The van der Waals surface area contributed by atoms with E-state index in [1.807, 2.05) is 0 Å². The number of rotatable bonds is 5. The van der Waals surface area contributed by atoms with Gasteiger partial charge in [0, 0.05) is 30.8 Å². The van der Waals surface area contributed by atoms with Gasteiger partial charge in [-0.3, -0.25) is 4.98 Å². The minimum absolute atomic E-state index is 0.0879. The second-order valence-corrected chi connectivity index (χ2v) is 8.37. The van der Waals surface area contributed by atoms with Crippen LogP contribution in [0.15, 0.2) is 51.9 Å². The summed E-state index contributed by atoms with van der Waals surface area (Å²) in [6.45, 7) is 2.25. The highest BCUT2D eigenvalue weighted by Gasteiger charge is 2.29. The van der Waals surface area contributed by atoms with Crippen molar-refractivity contribution in [3.63, 3.8) is 0 Å². The fourth-order valence-electron chi connectivity index (χ4n) is 3.67. The van der Waals surface area contributed by atoms with Crippen molar-refractivity contribution in [3.05, 3.63) is 81.7 Å². The Hall–Kier alpha value is -3.82. The fraction of sp³-hybridized carbons (Fsp3) is 0.250. The predicted octanol–water partition coefficient (Wildman–Crippen LogP) is 5.53. The van der Waals surface area contributed by atoms with Crippen molar-refractivity contribution < 1.29 is 22.0 Å². The predicted molar refractivity (Wildman–Crippen MR) is 115 cm³/mol. The molecule has 0 aliphatic heterocycles. The van der Waals surface area contributed by atoms with Crippen molar-refractivity contribution in [2.45, 2.75) is 38.5 Å². The molecular weight excluding hydrogens is 452 g/mol. The Morgan fingerprint density at radius 3 is 2.41 bits per heavy atom. The van der Waals surface area contributed by atoms with Crippen LogP contribution in [0.4, 0.5) is 17.6 Å². The number of nitrogens with zero attached hydrogens (tertiary/aromatic N) is 4. The van der Waals surface area contributed by atoms with Gasteiger partial charge in [-0.2, -0.15) is 9.97 Å². The summed E-state index contributed by atoms with van der Waals surface area (Å²) in [6, 6.07) is 6.06. The maximum Gasteiger partial charge on any atom is 0.353 e. The molecule has 0 saturated heterocycles. The summed E-state index contributed by atoms with van der Waals surface area (Å²) in [4.78, 5) is 25.1. The van der Waals surface area contributed by atoms with Crippen molar-refractivity contribution in [2.75, 3.05) is 0 Å². The Morgan fingerprint density at radius 1 is 1.09 bits per heavy atom. The minimum Gasteiger partial charge on any atom is -0.432 e. The molecule has 0 radical (unpaired) electrons. The van der Waals surface area contributed by atoms with Crippen LogP contribution in [0.5, 0.6) is 0 Å². The molecule has 0 N–H and O–H groups in total. The van der Waals surface area contributed by atoms with Crippen molar-refractivity contribution >= 4 is 0 Å². The molecule has 174 valence electrons. The molecular formula is C24H18F4N4O2. The van der Waals surface area contributed by atoms with Gasteiger partial charge < -0.3 is 4.42 Å². The summed E-state index contributed by atoms with van der Waals surface area (Å²) >= 11 is 0. The van der Waals surface area contributed by atoms with Crippen LogP contribution in [0, 0.1) is 18.6 Å². The van der Waals surface area contributed by atoms with Crippen LogP contribution in [0.2, 0.25) is 0 Å². The van der Waals surface area contributed by atoms with E-state index in [9.17, 15) is 22.4 Å². The van der Waals surface area contributed by atoms with E-state index >= 15 is 0 Å². The third-order valence-corrected chi connectivity index (χ3v) is 5.56. The van der Waals surface area contributed by atoms with Gasteiger partial charge in [-0.1, -0.05) is 0 Å². The summed E-state index contributed by atoms with van der Waals surface area (Å²) in [5.74, 6) is -5.71. The van der Waals surface area contributed by atoms with Crippen molar-refractivity contribution in [2.24, 2.45) is 0 Å². The molecule has 1 aliphatic carbocycles. The van der Waals surface area contributed by atoms with E-state index in [4.69, 9.17) is 4.42 Å². The summed E-state index contributed by atoms with van der Waals surface area (Å²) in [5.41, 5.74) is -0.727. The molecule has 0 spiro atoms. The van der Waals surface area contributed by atoms with Gasteiger partial charge in [-0.15, -0.1) is 0 Å². The number of benzene rings is 1. The van der Waals surface area contributed by atoms with Gasteiger partial charge >= 0.3 is 5.69 Å². The second kappa shape index (κ2) is 7.89. The molecule has 3 heterocycles. The zero-order valence-electron chi connectivity index (χ0n) is 18.2. The van der Waals surface area contributed by atoms with Crippen LogP contribution in [-0.4, -0.2) is 19.5 Å². The lowest BCUT2D eigenvalue weighted by atomic mass is 10.1. The highest BCUT2D eigenvalue weighted by Crippen LogP contribution is 2.39. The van der Waals surface area contributed by atoms with Crippen LogP contribution in [0.3, 0.4) is 0 Å². The van der Waals surface area contributed by atoms with E-state index in [0.717, 1.165) is 54.8 Å². The number of hydrogen-bond donors (Lipinski definition) is 0. The normalized spacial score (nSPS) is 13.9. The molecule has 5 rings (SSSR count). The average molecular weight is 470 g/mol. The van der Waals surface area contributed by atoms with Crippen molar-refractivity contribution in [1.29, 1.82) is 0 Å². The zero-order chi connectivity index (χ0) is 24.2. The summed E-state index contributed by atoms with van der Waals surface area (Å²) in [5, 5.41) is 0. The molecule has 1 saturated carbocycles. The first-order valence-corrected chi connectivity index (χ1v) is 10.5. The quantitative estimate of drug-likeness (QED) is 0.359. The van der Waals surface area contributed by atoms with Crippen molar-refractivity contribution in [1.82, 2.24) is 19.5 Å². The Labute approximate surface area is 190 Å². The zero-order valence-corrected chi connectivity index (χ0v) is 18.2. The van der Waals surface area contributed by atoms with Crippen LogP contribution in [0.25, 0.3) is 28.7 Å². The lowest BCUT2D eigenvalue weighted by molar-refractivity contribution is 0.0174. The van der Waals surface area contributed by atoms with Crippen LogP contribution in [-0.2, 0) is 5.92 Å². The minimum atomic E-state index is -3.16. The maximum atomic E-state index is 14.9. The summed E-state index contributed by atoms with van der Waals surface area (Å²) < 4.78 is 64.1. The van der Waals surface area contributed by atoms with Gasteiger partial charge in [0.05, 0.1) is 11.3 Å². The molecule has 4 aromatic rings. The number of aromatic nitrogens is 4.